The lowest BCUT2D eigenvalue weighted by Gasteiger charge is -2.34. The molecule has 1 amide bonds. The summed E-state index contributed by atoms with van der Waals surface area (Å²) in [7, 11) is 0. The predicted octanol–water partition coefficient (Wildman–Crippen LogP) is 4.23. The third kappa shape index (κ3) is 4.60. The molecule has 34 heavy (non-hydrogen) atoms. The molecule has 0 atom stereocenters. The first kappa shape index (κ1) is 23.0. The summed E-state index contributed by atoms with van der Waals surface area (Å²) in [5, 5.41) is 1.83. The van der Waals surface area contributed by atoms with Crippen LogP contribution in [-0.2, 0) is 17.9 Å². The van der Waals surface area contributed by atoms with Crippen molar-refractivity contribution in [1.29, 1.82) is 0 Å². The van der Waals surface area contributed by atoms with E-state index in [-0.39, 0.29) is 41.4 Å². The van der Waals surface area contributed by atoms with Crippen LogP contribution < -0.4 is 11.2 Å². The van der Waals surface area contributed by atoms with Crippen molar-refractivity contribution in [3.05, 3.63) is 67.9 Å². The van der Waals surface area contributed by atoms with Crippen LogP contribution in [0.25, 0.3) is 10.2 Å². The largest absolute Gasteiger partial charge is 0.342 e. The maximum Gasteiger partial charge on any atom is 0.331 e. The maximum atomic E-state index is 13.4. The molecule has 5 rings (SSSR count). The Balaban J connectivity index is 1.34. The molecule has 8 heteroatoms. The second kappa shape index (κ2) is 9.86. The van der Waals surface area contributed by atoms with Gasteiger partial charge in [-0.3, -0.25) is 18.7 Å². The quantitative estimate of drug-likeness (QED) is 0.546. The van der Waals surface area contributed by atoms with E-state index in [2.05, 4.69) is 0 Å². The number of piperidine rings is 1. The molecule has 1 saturated carbocycles. The van der Waals surface area contributed by atoms with Gasteiger partial charge in [0, 0.05) is 25.6 Å². The van der Waals surface area contributed by atoms with Crippen LogP contribution >= 0.6 is 11.3 Å². The first-order valence-corrected chi connectivity index (χ1v) is 13.1. The Morgan fingerprint density at radius 1 is 0.941 bits per heavy atom. The summed E-state index contributed by atoms with van der Waals surface area (Å²) < 4.78 is 16.9. The van der Waals surface area contributed by atoms with Crippen molar-refractivity contribution in [2.24, 2.45) is 11.8 Å². The molecular weight excluding hydrogens is 453 g/mol. The molecule has 0 radical (unpaired) electrons. The molecule has 2 aromatic heterocycles. The summed E-state index contributed by atoms with van der Waals surface area (Å²) in [6, 6.07) is 7.88. The fourth-order valence-corrected chi connectivity index (χ4v) is 6.29. The van der Waals surface area contributed by atoms with Gasteiger partial charge in [0.2, 0.25) is 5.91 Å². The van der Waals surface area contributed by atoms with Crippen LogP contribution in [0.2, 0.25) is 0 Å². The number of benzene rings is 1. The third-order valence-electron chi connectivity index (χ3n) is 7.39. The molecule has 1 aromatic carbocycles. The number of fused-ring (bicyclic) bond motifs is 1. The Morgan fingerprint density at radius 3 is 2.35 bits per heavy atom. The van der Waals surface area contributed by atoms with E-state index in [4.69, 9.17) is 0 Å². The van der Waals surface area contributed by atoms with Crippen molar-refractivity contribution in [2.75, 3.05) is 13.1 Å². The van der Waals surface area contributed by atoms with Crippen LogP contribution in [-0.4, -0.2) is 33.0 Å². The van der Waals surface area contributed by atoms with Gasteiger partial charge in [-0.2, -0.15) is 0 Å². The van der Waals surface area contributed by atoms with Crippen molar-refractivity contribution in [1.82, 2.24) is 14.0 Å². The fourth-order valence-electron chi connectivity index (χ4n) is 5.44. The van der Waals surface area contributed by atoms with Crippen LogP contribution in [0.3, 0.4) is 0 Å². The Bertz CT molecular complexity index is 1280. The van der Waals surface area contributed by atoms with E-state index in [1.807, 2.05) is 10.3 Å². The van der Waals surface area contributed by atoms with Gasteiger partial charge < -0.3 is 4.90 Å². The summed E-state index contributed by atoms with van der Waals surface area (Å²) >= 11 is 1.34. The minimum atomic E-state index is -0.327. The Morgan fingerprint density at radius 2 is 1.65 bits per heavy atom. The highest BCUT2D eigenvalue weighted by Gasteiger charge is 2.30. The molecule has 3 heterocycles. The van der Waals surface area contributed by atoms with E-state index in [9.17, 15) is 18.8 Å². The second-order valence-electron chi connectivity index (χ2n) is 9.65. The van der Waals surface area contributed by atoms with Gasteiger partial charge in [0.1, 0.15) is 10.5 Å². The lowest BCUT2D eigenvalue weighted by Crippen LogP contribution is -2.43. The zero-order valence-electron chi connectivity index (χ0n) is 19.2. The van der Waals surface area contributed by atoms with Gasteiger partial charge in [0.15, 0.2) is 0 Å². The Hall–Kier alpha value is -2.74. The molecule has 1 aliphatic carbocycles. The van der Waals surface area contributed by atoms with E-state index < -0.39 is 0 Å². The van der Waals surface area contributed by atoms with E-state index >= 15 is 0 Å². The van der Waals surface area contributed by atoms with E-state index in [0.29, 0.717) is 16.8 Å². The van der Waals surface area contributed by atoms with Crippen molar-refractivity contribution in [3.8, 4) is 0 Å². The molecule has 0 N–H and O–H groups in total. The third-order valence-corrected chi connectivity index (χ3v) is 8.29. The summed E-state index contributed by atoms with van der Waals surface area (Å²) in [5.41, 5.74) is 0.859. The summed E-state index contributed by atoms with van der Waals surface area (Å²) in [6.45, 7) is 2.41. The molecular formula is C26H30FN3O3S. The number of likely N-dealkylation sites (tertiary alicyclic amines) is 1. The standard InChI is InChI=1S/C26H30FN3O3S/c27-21-10-6-19(7-11-21)16-29-22-12-15-34-23(22)25(32)30(26(29)33)17-18-4-8-20(9-5-18)24(31)28-13-2-1-3-14-28/h6-7,10-12,15,18,20H,1-5,8-9,13-14,16-17H2. The van der Waals surface area contributed by atoms with Crippen molar-refractivity contribution in [3.63, 3.8) is 0 Å². The predicted molar refractivity (Wildman–Crippen MR) is 132 cm³/mol. The van der Waals surface area contributed by atoms with Gasteiger partial charge in [-0.1, -0.05) is 12.1 Å². The highest BCUT2D eigenvalue weighted by atomic mass is 32.1. The minimum Gasteiger partial charge on any atom is -0.342 e. The fraction of sp³-hybridized carbons (Fsp3) is 0.500. The number of amides is 1. The topological polar surface area (TPSA) is 64.3 Å². The Labute approximate surface area is 201 Å². The van der Waals surface area contributed by atoms with Crippen LogP contribution in [0.5, 0.6) is 0 Å². The highest BCUT2D eigenvalue weighted by Crippen LogP contribution is 2.31. The summed E-state index contributed by atoms with van der Waals surface area (Å²) in [4.78, 5) is 41.5. The number of rotatable bonds is 5. The van der Waals surface area contributed by atoms with E-state index in [1.165, 1.54) is 34.5 Å². The Kier molecular flexibility index (Phi) is 6.68. The SMILES string of the molecule is O=C(C1CCC(Cn2c(=O)c3sccc3n(Cc3ccc(F)cc3)c2=O)CC1)N1CCCCC1. The van der Waals surface area contributed by atoms with Gasteiger partial charge in [0.25, 0.3) is 5.56 Å². The molecule has 0 spiro atoms. The molecule has 3 aromatic rings. The zero-order valence-corrected chi connectivity index (χ0v) is 20.1. The van der Waals surface area contributed by atoms with Crippen LogP contribution in [0.4, 0.5) is 4.39 Å². The summed E-state index contributed by atoms with van der Waals surface area (Å²) in [6.07, 6.45) is 6.73. The molecule has 2 aliphatic rings. The lowest BCUT2D eigenvalue weighted by atomic mass is 9.81. The number of hydrogen-bond acceptors (Lipinski definition) is 4. The van der Waals surface area contributed by atoms with Gasteiger partial charge >= 0.3 is 5.69 Å². The van der Waals surface area contributed by atoms with Crippen molar-refractivity contribution in [2.45, 2.75) is 58.0 Å². The number of aromatic nitrogens is 2. The monoisotopic (exact) mass is 483 g/mol. The second-order valence-corrected chi connectivity index (χ2v) is 10.6. The summed E-state index contributed by atoms with van der Waals surface area (Å²) in [5.74, 6) is 0.238. The van der Waals surface area contributed by atoms with Gasteiger partial charge in [-0.25, -0.2) is 9.18 Å². The number of nitrogens with zero attached hydrogens (tertiary/aromatic N) is 3. The van der Waals surface area contributed by atoms with Crippen LogP contribution in [0.1, 0.15) is 50.5 Å². The van der Waals surface area contributed by atoms with Crippen molar-refractivity contribution >= 4 is 27.5 Å². The molecule has 1 saturated heterocycles. The number of carbonyl (C=O) groups is 1. The minimum absolute atomic E-state index is 0.0704. The molecule has 6 nitrogen and oxygen atoms in total. The van der Waals surface area contributed by atoms with Gasteiger partial charge in [-0.15, -0.1) is 11.3 Å². The van der Waals surface area contributed by atoms with Crippen molar-refractivity contribution < 1.29 is 9.18 Å². The number of thiophene rings is 1. The average molecular weight is 484 g/mol. The molecule has 1 aliphatic heterocycles. The molecule has 2 fully saturated rings. The lowest BCUT2D eigenvalue weighted by molar-refractivity contribution is -0.137. The first-order chi connectivity index (χ1) is 16.5. The molecule has 0 unspecified atom stereocenters. The van der Waals surface area contributed by atoms with Crippen LogP contribution in [0.15, 0.2) is 45.3 Å². The number of carbonyl (C=O) groups excluding carboxylic acids is 1. The number of hydrogen-bond donors (Lipinski definition) is 0. The van der Waals surface area contributed by atoms with Crippen LogP contribution in [0, 0.1) is 17.7 Å². The zero-order chi connectivity index (χ0) is 23.7. The molecule has 180 valence electrons. The smallest absolute Gasteiger partial charge is 0.331 e. The average Bonchev–Trinajstić information content (AvgIpc) is 3.36. The maximum absolute atomic E-state index is 13.4. The molecule has 0 bridgehead atoms. The van der Waals surface area contributed by atoms with Gasteiger partial charge in [-0.05, 0) is 80.0 Å². The highest BCUT2D eigenvalue weighted by molar-refractivity contribution is 7.17. The first-order valence-electron chi connectivity index (χ1n) is 12.3. The van der Waals surface area contributed by atoms with Gasteiger partial charge in [0.05, 0.1) is 12.1 Å². The van der Waals surface area contributed by atoms with E-state index in [0.717, 1.165) is 57.2 Å². The normalized spacial score (nSPS) is 21.1. The number of halogens is 1. The van der Waals surface area contributed by atoms with E-state index in [1.54, 1.807) is 22.8 Å².